The van der Waals surface area contributed by atoms with Crippen molar-refractivity contribution in [3.63, 3.8) is 0 Å². The number of piperazine rings is 1. The summed E-state index contributed by atoms with van der Waals surface area (Å²) in [6.45, 7) is 9.33. The number of ether oxygens (including phenoxy) is 1. The van der Waals surface area contributed by atoms with Crippen LogP contribution in [0.25, 0.3) is 0 Å². The van der Waals surface area contributed by atoms with E-state index in [0.29, 0.717) is 36.7 Å². The molecule has 0 saturated carbocycles. The van der Waals surface area contributed by atoms with Crippen LogP contribution in [0.3, 0.4) is 0 Å². The molecule has 7 heteroatoms. The maximum atomic E-state index is 13.4. The molecule has 2 aliphatic heterocycles. The van der Waals surface area contributed by atoms with Crippen molar-refractivity contribution in [3.8, 4) is 11.5 Å². The van der Waals surface area contributed by atoms with E-state index in [0.717, 1.165) is 44.0 Å². The average molecular weight is 512 g/mol. The van der Waals surface area contributed by atoms with Crippen molar-refractivity contribution in [1.29, 1.82) is 0 Å². The first-order valence-electron chi connectivity index (χ1n) is 13.2. The number of halogens is 1. The highest BCUT2D eigenvalue weighted by molar-refractivity contribution is 6.30. The van der Waals surface area contributed by atoms with Gasteiger partial charge in [-0.05, 0) is 73.6 Å². The van der Waals surface area contributed by atoms with Gasteiger partial charge in [-0.25, -0.2) is 0 Å². The summed E-state index contributed by atoms with van der Waals surface area (Å²) in [6.07, 6.45) is 3.94. The van der Waals surface area contributed by atoms with E-state index in [1.165, 1.54) is 5.56 Å². The number of unbranched alkanes of at least 4 members (excludes halogenated alkanes) is 1. The van der Waals surface area contributed by atoms with E-state index in [2.05, 4.69) is 43.1 Å². The Balaban J connectivity index is 1.38. The molecule has 0 unspecified atom stereocenters. The molecule has 2 saturated heterocycles. The van der Waals surface area contributed by atoms with Crippen molar-refractivity contribution in [3.05, 3.63) is 59.1 Å². The summed E-state index contributed by atoms with van der Waals surface area (Å²) in [7, 11) is 0. The number of piperidine rings is 1. The number of carbonyl (C=O) groups is 2. The Kier molecular flexibility index (Phi) is 8.58. The van der Waals surface area contributed by atoms with Crippen LogP contribution in [-0.2, 0) is 16.1 Å². The minimum atomic E-state index is -0.716. The van der Waals surface area contributed by atoms with Crippen molar-refractivity contribution < 1.29 is 14.3 Å². The SMILES string of the molecule is CCCCN1C(=O)[C@H](CC(C)C)NC(=O)C12CCN(Cc1ccc(Oc3ccc(Cl)cc3)cc1)CC2. The molecule has 4 rings (SSSR count). The topological polar surface area (TPSA) is 61.9 Å². The van der Waals surface area contributed by atoms with Crippen LogP contribution in [0, 0.1) is 5.92 Å². The molecule has 0 aromatic heterocycles. The number of nitrogens with zero attached hydrogens (tertiary/aromatic N) is 2. The standard InChI is InChI=1S/C29H38ClN3O3/c1-4-5-16-33-27(34)26(19-21(2)3)31-28(35)29(33)14-17-32(18-15-29)20-22-6-10-24(11-7-22)36-25-12-8-23(30)9-13-25/h6-13,21,26H,4-5,14-20H2,1-3H3,(H,31,35)/t26-/m0/s1. The monoisotopic (exact) mass is 511 g/mol. The van der Waals surface area contributed by atoms with Crippen LogP contribution < -0.4 is 10.1 Å². The van der Waals surface area contributed by atoms with Gasteiger partial charge < -0.3 is 15.0 Å². The summed E-state index contributed by atoms with van der Waals surface area (Å²) < 4.78 is 5.90. The van der Waals surface area contributed by atoms with E-state index in [1.807, 2.05) is 41.3 Å². The fraction of sp³-hybridized carbons (Fsp3) is 0.517. The molecule has 2 aromatic rings. The lowest BCUT2D eigenvalue weighted by Gasteiger charge is -2.52. The molecule has 2 fully saturated rings. The maximum Gasteiger partial charge on any atom is 0.246 e. The van der Waals surface area contributed by atoms with E-state index < -0.39 is 11.6 Å². The largest absolute Gasteiger partial charge is 0.457 e. The van der Waals surface area contributed by atoms with E-state index in [4.69, 9.17) is 16.3 Å². The highest BCUT2D eigenvalue weighted by atomic mass is 35.5. The first kappa shape index (κ1) is 26.5. The van der Waals surface area contributed by atoms with Crippen LogP contribution in [0.15, 0.2) is 48.5 Å². The fourth-order valence-electron chi connectivity index (χ4n) is 5.29. The maximum absolute atomic E-state index is 13.4. The van der Waals surface area contributed by atoms with Gasteiger partial charge in [0.15, 0.2) is 0 Å². The molecule has 2 aromatic carbocycles. The van der Waals surface area contributed by atoms with E-state index >= 15 is 0 Å². The van der Waals surface area contributed by atoms with Gasteiger partial charge in [0.25, 0.3) is 0 Å². The predicted octanol–water partition coefficient (Wildman–Crippen LogP) is 5.64. The number of amides is 2. The first-order valence-corrected chi connectivity index (χ1v) is 13.6. The van der Waals surface area contributed by atoms with Crippen LogP contribution in [-0.4, -0.2) is 52.8 Å². The highest BCUT2D eigenvalue weighted by Crippen LogP contribution is 2.35. The number of carbonyl (C=O) groups excluding carboxylic acids is 2. The van der Waals surface area contributed by atoms with Gasteiger partial charge in [-0.3, -0.25) is 14.5 Å². The van der Waals surface area contributed by atoms with E-state index in [9.17, 15) is 9.59 Å². The molecule has 1 N–H and O–H groups in total. The molecule has 1 atom stereocenters. The molecule has 6 nitrogen and oxygen atoms in total. The summed E-state index contributed by atoms with van der Waals surface area (Å²) >= 11 is 5.94. The van der Waals surface area contributed by atoms with Gasteiger partial charge in [0.05, 0.1) is 0 Å². The Morgan fingerprint density at radius 2 is 1.64 bits per heavy atom. The zero-order valence-corrected chi connectivity index (χ0v) is 22.4. The van der Waals surface area contributed by atoms with Gasteiger partial charge in [0, 0.05) is 31.2 Å². The molecule has 2 heterocycles. The summed E-state index contributed by atoms with van der Waals surface area (Å²) in [4.78, 5) is 31.1. The van der Waals surface area contributed by atoms with Crippen LogP contribution in [0.2, 0.25) is 5.02 Å². The molecule has 194 valence electrons. The minimum Gasteiger partial charge on any atom is -0.457 e. The Morgan fingerprint density at radius 1 is 1.03 bits per heavy atom. The molecular formula is C29H38ClN3O3. The van der Waals surface area contributed by atoms with Gasteiger partial charge in [-0.2, -0.15) is 0 Å². The number of likely N-dealkylation sites (tertiary alicyclic amines) is 1. The molecule has 1 spiro atoms. The Bertz CT molecular complexity index is 1030. The second kappa shape index (κ2) is 11.7. The van der Waals surface area contributed by atoms with Gasteiger partial charge in [-0.15, -0.1) is 0 Å². The summed E-state index contributed by atoms with van der Waals surface area (Å²) in [5.41, 5.74) is 0.477. The van der Waals surface area contributed by atoms with Crippen molar-refractivity contribution in [2.24, 2.45) is 5.92 Å². The number of nitrogens with one attached hydrogen (secondary N) is 1. The number of hydrogen-bond donors (Lipinski definition) is 1. The third-order valence-corrected chi connectivity index (χ3v) is 7.57. The van der Waals surface area contributed by atoms with Crippen molar-refractivity contribution in [2.75, 3.05) is 19.6 Å². The predicted molar refractivity (Wildman–Crippen MR) is 143 cm³/mol. The molecule has 0 bridgehead atoms. The van der Waals surface area contributed by atoms with Crippen molar-refractivity contribution in [2.45, 2.75) is 71.0 Å². The lowest BCUT2D eigenvalue weighted by molar-refractivity contribution is -0.161. The van der Waals surface area contributed by atoms with Gasteiger partial charge in [-0.1, -0.05) is 50.9 Å². The minimum absolute atomic E-state index is 0.0344. The van der Waals surface area contributed by atoms with Crippen LogP contribution in [0.1, 0.15) is 58.4 Å². The van der Waals surface area contributed by atoms with Crippen LogP contribution >= 0.6 is 11.6 Å². The van der Waals surface area contributed by atoms with E-state index in [1.54, 1.807) is 0 Å². The third kappa shape index (κ3) is 6.04. The van der Waals surface area contributed by atoms with Crippen molar-refractivity contribution in [1.82, 2.24) is 15.1 Å². The molecule has 0 aliphatic carbocycles. The Morgan fingerprint density at radius 3 is 2.22 bits per heavy atom. The average Bonchev–Trinajstić information content (AvgIpc) is 2.86. The van der Waals surface area contributed by atoms with Gasteiger partial charge >= 0.3 is 0 Å². The molecule has 2 aliphatic rings. The van der Waals surface area contributed by atoms with Gasteiger partial charge in [0.1, 0.15) is 23.1 Å². The quantitative estimate of drug-likeness (QED) is 0.473. The lowest BCUT2D eigenvalue weighted by atomic mass is 9.80. The summed E-state index contributed by atoms with van der Waals surface area (Å²) in [5.74, 6) is 2.01. The van der Waals surface area contributed by atoms with Crippen LogP contribution in [0.4, 0.5) is 0 Å². The Hall–Kier alpha value is -2.57. The zero-order valence-electron chi connectivity index (χ0n) is 21.6. The van der Waals surface area contributed by atoms with Crippen LogP contribution in [0.5, 0.6) is 11.5 Å². The second-order valence-corrected chi connectivity index (χ2v) is 10.9. The highest BCUT2D eigenvalue weighted by Gasteiger charge is 2.53. The lowest BCUT2D eigenvalue weighted by Crippen LogP contribution is -2.73. The normalized spacial score (nSPS) is 20.1. The number of rotatable bonds is 9. The molecule has 2 amide bonds. The van der Waals surface area contributed by atoms with Crippen molar-refractivity contribution >= 4 is 23.4 Å². The van der Waals surface area contributed by atoms with Gasteiger partial charge in [0.2, 0.25) is 11.8 Å². The zero-order chi connectivity index (χ0) is 25.7. The summed E-state index contributed by atoms with van der Waals surface area (Å²) in [6, 6.07) is 15.0. The fourth-order valence-corrected chi connectivity index (χ4v) is 5.41. The smallest absolute Gasteiger partial charge is 0.246 e. The molecule has 0 radical (unpaired) electrons. The second-order valence-electron chi connectivity index (χ2n) is 10.5. The summed E-state index contributed by atoms with van der Waals surface area (Å²) in [5, 5.41) is 3.77. The number of benzene rings is 2. The third-order valence-electron chi connectivity index (χ3n) is 7.31. The number of hydrogen-bond acceptors (Lipinski definition) is 4. The molecule has 36 heavy (non-hydrogen) atoms. The first-order chi connectivity index (χ1) is 17.3. The molecular weight excluding hydrogens is 474 g/mol. The van der Waals surface area contributed by atoms with E-state index in [-0.39, 0.29) is 11.8 Å². The Labute approximate surface area is 219 Å².